The number of aliphatic hydroxyl groups is 1. The van der Waals surface area contributed by atoms with E-state index in [1.54, 1.807) is 0 Å². The number of benzene rings is 1. The average Bonchev–Trinajstić information content (AvgIpc) is 2.58. The van der Waals surface area contributed by atoms with E-state index in [1.807, 2.05) is 13.8 Å². The summed E-state index contributed by atoms with van der Waals surface area (Å²) in [6, 6.07) is 6.36. The van der Waals surface area contributed by atoms with Crippen LogP contribution in [0.4, 0.5) is 0 Å². The van der Waals surface area contributed by atoms with E-state index in [0.717, 1.165) is 18.4 Å². The Balaban J connectivity index is 2.53. The van der Waals surface area contributed by atoms with Gasteiger partial charge in [0.1, 0.15) is 0 Å². The monoisotopic (exact) mass is 219 g/mol. The molecule has 2 heteroatoms. The van der Waals surface area contributed by atoms with Crippen molar-refractivity contribution >= 4 is 0 Å². The number of hydrogen-bond acceptors (Lipinski definition) is 2. The fourth-order valence-corrected chi connectivity index (χ4v) is 2.62. The molecule has 1 atom stereocenters. The molecule has 16 heavy (non-hydrogen) atoms. The normalized spacial score (nSPS) is 24.6. The lowest BCUT2D eigenvalue weighted by Gasteiger charge is -2.40. The number of hydrogen-bond donors (Lipinski definition) is 2. The zero-order valence-corrected chi connectivity index (χ0v) is 10.4. The van der Waals surface area contributed by atoms with Gasteiger partial charge in [-0.3, -0.25) is 0 Å². The maximum Gasteiger partial charge on any atom is 0.0965 e. The van der Waals surface area contributed by atoms with Gasteiger partial charge in [-0.15, -0.1) is 0 Å². The maximum absolute atomic E-state index is 10.9. The van der Waals surface area contributed by atoms with Crippen LogP contribution in [0.1, 0.15) is 37.0 Å². The van der Waals surface area contributed by atoms with Gasteiger partial charge in [-0.1, -0.05) is 37.6 Å². The number of nitrogens with two attached hydrogens (primary N) is 1. The van der Waals surface area contributed by atoms with E-state index >= 15 is 0 Å². The number of fused-ring (bicyclic) bond motifs is 1. The van der Waals surface area contributed by atoms with Crippen LogP contribution in [0.3, 0.4) is 0 Å². The first kappa shape index (κ1) is 11.6. The first-order chi connectivity index (χ1) is 7.40. The van der Waals surface area contributed by atoms with Gasteiger partial charge in [0.2, 0.25) is 0 Å². The lowest BCUT2D eigenvalue weighted by Crippen LogP contribution is -2.45. The van der Waals surface area contributed by atoms with Gasteiger partial charge in [0, 0.05) is 12.0 Å². The van der Waals surface area contributed by atoms with Gasteiger partial charge < -0.3 is 10.8 Å². The highest BCUT2D eigenvalue weighted by molar-refractivity contribution is 5.41. The molecule has 0 saturated heterocycles. The summed E-state index contributed by atoms with van der Waals surface area (Å²) in [5, 5.41) is 10.9. The van der Waals surface area contributed by atoms with E-state index in [0.29, 0.717) is 6.54 Å². The molecule has 2 nitrogen and oxygen atoms in total. The Kier molecular flexibility index (Phi) is 2.59. The molecule has 88 valence electrons. The molecular formula is C14H21NO. The molecule has 0 fully saturated rings. The van der Waals surface area contributed by atoms with Crippen LogP contribution in [0.15, 0.2) is 18.2 Å². The molecule has 0 radical (unpaired) electrons. The van der Waals surface area contributed by atoms with Gasteiger partial charge in [-0.2, -0.15) is 0 Å². The molecule has 1 aliphatic carbocycles. The van der Waals surface area contributed by atoms with Crippen molar-refractivity contribution < 1.29 is 5.11 Å². The Labute approximate surface area is 97.5 Å². The van der Waals surface area contributed by atoms with Gasteiger partial charge >= 0.3 is 0 Å². The molecule has 3 N–H and O–H groups in total. The topological polar surface area (TPSA) is 46.2 Å². The van der Waals surface area contributed by atoms with Crippen molar-refractivity contribution in [3.8, 4) is 0 Å². The number of aryl methyl sites for hydroxylation is 2. The summed E-state index contributed by atoms with van der Waals surface area (Å²) in [6.45, 7) is 6.65. The third-order valence-electron chi connectivity index (χ3n) is 4.10. The molecule has 1 unspecified atom stereocenters. The van der Waals surface area contributed by atoms with E-state index in [-0.39, 0.29) is 5.41 Å². The van der Waals surface area contributed by atoms with Crippen molar-refractivity contribution in [2.24, 2.45) is 11.1 Å². The standard InChI is InChI=1S/C14H21NO/c1-10-4-5-11-6-7-14(16,12(11)8-10)13(2,3)9-15/h4-5,8,16H,6-7,9,15H2,1-3H3. The highest BCUT2D eigenvalue weighted by Crippen LogP contribution is 2.48. The predicted molar refractivity (Wildman–Crippen MR) is 66.2 cm³/mol. The third-order valence-corrected chi connectivity index (χ3v) is 4.10. The summed E-state index contributed by atoms with van der Waals surface area (Å²) in [5.74, 6) is 0. The van der Waals surface area contributed by atoms with Crippen molar-refractivity contribution in [3.05, 3.63) is 34.9 Å². The first-order valence-electron chi connectivity index (χ1n) is 5.93. The minimum atomic E-state index is -0.761. The highest BCUT2D eigenvalue weighted by atomic mass is 16.3. The van der Waals surface area contributed by atoms with E-state index in [9.17, 15) is 5.11 Å². The zero-order chi connectivity index (χ0) is 12.0. The lowest BCUT2D eigenvalue weighted by molar-refractivity contribution is -0.0671. The van der Waals surface area contributed by atoms with Crippen molar-refractivity contribution in [3.63, 3.8) is 0 Å². The Bertz CT molecular complexity index is 411. The molecule has 0 amide bonds. The minimum Gasteiger partial charge on any atom is -0.385 e. The largest absolute Gasteiger partial charge is 0.385 e. The fraction of sp³-hybridized carbons (Fsp3) is 0.571. The lowest BCUT2D eigenvalue weighted by atomic mass is 9.71. The van der Waals surface area contributed by atoms with Gasteiger partial charge in [0.15, 0.2) is 0 Å². The number of rotatable bonds is 2. The Morgan fingerprint density at radius 3 is 2.75 bits per heavy atom. The van der Waals surface area contributed by atoms with Crippen molar-refractivity contribution in [2.75, 3.05) is 6.54 Å². The van der Waals surface area contributed by atoms with Crippen LogP contribution in [0, 0.1) is 12.3 Å². The van der Waals surface area contributed by atoms with Crippen molar-refractivity contribution in [2.45, 2.75) is 39.2 Å². The van der Waals surface area contributed by atoms with E-state index in [1.165, 1.54) is 11.1 Å². The molecule has 0 heterocycles. The molecule has 1 aromatic rings. The van der Waals surface area contributed by atoms with Crippen LogP contribution in [0.2, 0.25) is 0 Å². The molecule has 0 bridgehead atoms. The highest BCUT2D eigenvalue weighted by Gasteiger charge is 2.47. The summed E-state index contributed by atoms with van der Waals surface area (Å²) < 4.78 is 0. The maximum atomic E-state index is 10.9. The SMILES string of the molecule is Cc1ccc2c(c1)C(O)(C(C)(C)CN)CC2. The molecular weight excluding hydrogens is 198 g/mol. The van der Waals surface area contributed by atoms with Gasteiger partial charge in [-0.05, 0) is 30.9 Å². The molecule has 1 aromatic carbocycles. The Hall–Kier alpha value is -0.860. The molecule has 1 aliphatic rings. The van der Waals surface area contributed by atoms with Crippen LogP contribution in [-0.2, 0) is 12.0 Å². The van der Waals surface area contributed by atoms with E-state index in [2.05, 4.69) is 25.1 Å². The zero-order valence-electron chi connectivity index (χ0n) is 10.4. The van der Waals surface area contributed by atoms with Gasteiger partial charge in [0.25, 0.3) is 0 Å². The van der Waals surface area contributed by atoms with Gasteiger partial charge in [-0.25, -0.2) is 0 Å². The van der Waals surface area contributed by atoms with Crippen LogP contribution < -0.4 is 5.73 Å². The second kappa shape index (κ2) is 3.57. The first-order valence-corrected chi connectivity index (χ1v) is 5.93. The quantitative estimate of drug-likeness (QED) is 0.800. The molecule has 0 aliphatic heterocycles. The third kappa shape index (κ3) is 1.48. The van der Waals surface area contributed by atoms with Crippen molar-refractivity contribution in [1.82, 2.24) is 0 Å². The predicted octanol–water partition coefficient (Wildman–Crippen LogP) is 2.11. The smallest absolute Gasteiger partial charge is 0.0965 e. The second-order valence-electron chi connectivity index (χ2n) is 5.61. The Morgan fingerprint density at radius 2 is 2.12 bits per heavy atom. The van der Waals surface area contributed by atoms with Crippen LogP contribution in [-0.4, -0.2) is 11.7 Å². The summed E-state index contributed by atoms with van der Waals surface area (Å²) in [4.78, 5) is 0. The molecule has 2 rings (SSSR count). The average molecular weight is 219 g/mol. The summed E-state index contributed by atoms with van der Waals surface area (Å²) in [5.41, 5.74) is 8.33. The van der Waals surface area contributed by atoms with Crippen LogP contribution >= 0.6 is 0 Å². The summed E-state index contributed by atoms with van der Waals surface area (Å²) in [6.07, 6.45) is 1.74. The fourth-order valence-electron chi connectivity index (χ4n) is 2.62. The van der Waals surface area contributed by atoms with Crippen LogP contribution in [0.25, 0.3) is 0 Å². The Morgan fingerprint density at radius 1 is 1.44 bits per heavy atom. The van der Waals surface area contributed by atoms with E-state index in [4.69, 9.17) is 5.73 Å². The second-order valence-corrected chi connectivity index (χ2v) is 5.61. The molecule has 0 spiro atoms. The van der Waals surface area contributed by atoms with Gasteiger partial charge in [0.05, 0.1) is 5.60 Å². The van der Waals surface area contributed by atoms with Crippen molar-refractivity contribution in [1.29, 1.82) is 0 Å². The summed E-state index contributed by atoms with van der Waals surface area (Å²) in [7, 11) is 0. The molecule has 0 saturated carbocycles. The van der Waals surface area contributed by atoms with E-state index < -0.39 is 5.60 Å². The molecule has 0 aromatic heterocycles. The van der Waals surface area contributed by atoms with Crippen LogP contribution in [0.5, 0.6) is 0 Å². The summed E-state index contributed by atoms with van der Waals surface area (Å²) >= 11 is 0. The minimum absolute atomic E-state index is 0.272.